The van der Waals surface area contributed by atoms with Crippen LogP contribution in [0, 0.1) is 11.8 Å². The monoisotopic (exact) mass is 200 g/mol. The Kier molecular flexibility index (Phi) is 4.90. The van der Waals surface area contributed by atoms with Crippen LogP contribution in [-0.4, -0.2) is 25.4 Å². The van der Waals surface area contributed by atoms with Gasteiger partial charge in [0, 0.05) is 13.2 Å². The van der Waals surface area contributed by atoms with Gasteiger partial charge in [-0.25, -0.2) is 0 Å². The first-order valence-corrected chi connectivity index (χ1v) is 5.82. The molecule has 0 aromatic rings. The van der Waals surface area contributed by atoms with E-state index in [-0.39, 0.29) is 6.10 Å². The van der Waals surface area contributed by atoms with E-state index in [0.717, 1.165) is 25.6 Å². The highest BCUT2D eigenvalue weighted by Crippen LogP contribution is 2.21. The van der Waals surface area contributed by atoms with Crippen molar-refractivity contribution in [2.75, 3.05) is 13.2 Å². The molecule has 1 aliphatic rings. The van der Waals surface area contributed by atoms with E-state index in [1.54, 1.807) is 0 Å². The van der Waals surface area contributed by atoms with Gasteiger partial charge in [0.05, 0.1) is 12.2 Å². The van der Waals surface area contributed by atoms with Crippen LogP contribution in [0.3, 0.4) is 0 Å². The lowest BCUT2D eigenvalue weighted by Crippen LogP contribution is -2.35. The standard InChI is InChI=1S/C12H24O2/c1-9(2)7-13-11(4)12-6-5-10(3)8-14-12/h9-12H,5-8H2,1-4H3. The van der Waals surface area contributed by atoms with Gasteiger partial charge in [-0.15, -0.1) is 0 Å². The molecule has 1 heterocycles. The van der Waals surface area contributed by atoms with Gasteiger partial charge < -0.3 is 9.47 Å². The third-order valence-corrected chi connectivity index (χ3v) is 2.75. The van der Waals surface area contributed by atoms with Gasteiger partial charge in [-0.2, -0.15) is 0 Å². The Balaban J connectivity index is 2.20. The number of ether oxygens (including phenoxy) is 2. The zero-order valence-electron chi connectivity index (χ0n) is 9.95. The fourth-order valence-corrected chi connectivity index (χ4v) is 1.73. The molecule has 0 amide bonds. The summed E-state index contributed by atoms with van der Waals surface area (Å²) in [5, 5.41) is 0. The van der Waals surface area contributed by atoms with E-state index in [1.165, 1.54) is 6.42 Å². The first-order chi connectivity index (χ1) is 6.59. The fourth-order valence-electron chi connectivity index (χ4n) is 1.73. The topological polar surface area (TPSA) is 18.5 Å². The third kappa shape index (κ3) is 3.97. The Labute approximate surface area is 88.0 Å². The van der Waals surface area contributed by atoms with Crippen LogP contribution >= 0.6 is 0 Å². The van der Waals surface area contributed by atoms with Crippen LogP contribution in [0.1, 0.15) is 40.5 Å². The van der Waals surface area contributed by atoms with E-state index in [2.05, 4.69) is 27.7 Å². The zero-order valence-corrected chi connectivity index (χ0v) is 9.95. The van der Waals surface area contributed by atoms with Gasteiger partial charge in [0.25, 0.3) is 0 Å². The number of hydrogen-bond acceptors (Lipinski definition) is 2. The molecule has 3 atom stereocenters. The molecule has 1 saturated heterocycles. The van der Waals surface area contributed by atoms with E-state index < -0.39 is 0 Å². The van der Waals surface area contributed by atoms with Crippen LogP contribution in [0.15, 0.2) is 0 Å². The van der Waals surface area contributed by atoms with Gasteiger partial charge in [-0.3, -0.25) is 0 Å². The van der Waals surface area contributed by atoms with Crippen LogP contribution in [-0.2, 0) is 9.47 Å². The molecule has 3 unspecified atom stereocenters. The molecule has 1 aliphatic heterocycles. The average Bonchev–Trinajstić information content (AvgIpc) is 2.15. The third-order valence-electron chi connectivity index (χ3n) is 2.75. The van der Waals surface area contributed by atoms with E-state index in [0.29, 0.717) is 12.0 Å². The summed E-state index contributed by atoms with van der Waals surface area (Å²) in [5.41, 5.74) is 0. The lowest BCUT2D eigenvalue weighted by atomic mass is 9.98. The van der Waals surface area contributed by atoms with E-state index in [1.807, 2.05) is 0 Å². The highest BCUT2D eigenvalue weighted by Gasteiger charge is 2.24. The largest absolute Gasteiger partial charge is 0.376 e. The summed E-state index contributed by atoms with van der Waals surface area (Å²) in [6.45, 7) is 10.5. The second-order valence-electron chi connectivity index (χ2n) is 4.99. The molecule has 0 N–H and O–H groups in total. The van der Waals surface area contributed by atoms with Crippen molar-refractivity contribution in [3.8, 4) is 0 Å². The molecule has 0 spiro atoms. The lowest BCUT2D eigenvalue weighted by molar-refractivity contribution is -0.101. The Morgan fingerprint density at radius 2 is 2.00 bits per heavy atom. The molecule has 84 valence electrons. The smallest absolute Gasteiger partial charge is 0.0834 e. The molecular formula is C12H24O2. The first-order valence-electron chi connectivity index (χ1n) is 5.82. The minimum atomic E-state index is 0.255. The summed E-state index contributed by atoms with van der Waals surface area (Å²) >= 11 is 0. The van der Waals surface area contributed by atoms with Crippen molar-refractivity contribution in [2.45, 2.75) is 52.7 Å². The second-order valence-corrected chi connectivity index (χ2v) is 4.99. The Hall–Kier alpha value is -0.0800. The SMILES string of the molecule is CC(C)COC(C)C1CCC(C)CO1. The first kappa shape index (κ1) is 12.0. The molecule has 0 aliphatic carbocycles. The lowest BCUT2D eigenvalue weighted by Gasteiger charge is -2.31. The summed E-state index contributed by atoms with van der Waals surface area (Å²) in [4.78, 5) is 0. The van der Waals surface area contributed by atoms with Gasteiger partial charge in [0.15, 0.2) is 0 Å². The Morgan fingerprint density at radius 1 is 1.29 bits per heavy atom. The quantitative estimate of drug-likeness (QED) is 0.694. The molecule has 0 aromatic heterocycles. The molecule has 1 rings (SSSR count). The van der Waals surface area contributed by atoms with Crippen molar-refractivity contribution in [3.63, 3.8) is 0 Å². The number of rotatable bonds is 4. The Bertz CT molecular complexity index is 148. The maximum Gasteiger partial charge on any atom is 0.0834 e. The van der Waals surface area contributed by atoms with Crippen molar-refractivity contribution in [3.05, 3.63) is 0 Å². The maximum absolute atomic E-state index is 5.76. The van der Waals surface area contributed by atoms with Crippen LogP contribution < -0.4 is 0 Å². The van der Waals surface area contributed by atoms with E-state index >= 15 is 0 Å². The molecule has 14 heavy (non-hydrogen) atoms. The van der Waals surface area contributed by atoms with Crippen molar-refractivity contribution >= 4 is 0 Å². The summed E-state index contributed by atoms with van der Waals surface area (Å²) < 4.78 is 11.5. The molecule has 2 nitrogen and oxygen atoms in total. The van der Waals surface area contributed by atoms with Gasteiger partial charge in [0.2, 0.25) is 0 Å². The predicted octanol–water partition coefficient (Wildman–Crippen LogP) is 2.86. The zero-order chi connectivity index (χ0) is 10.6. The summed E-state index contributed by atoms with van der Waals surface area (Å²) in [5.74, 6) is 1.34. The summed E-state index contributed by atoms with van der Waals surface area (Å²) in [6, 6.07) is 0. The molecule has 0 saturated carbocycles. The molecule has 0 bridgehead atoms. The number of hydrogen-bond donors (Lipinski definition) is 0. The van der Waals surface area contributed by atoms with Crippen LogP contribution in [0.2, 0.25) is 0 Å². The van der Waals surface area contributed by atoms with Crippen LogP contribution in [0.25, 0.3) is 0 Å². The van der Waals surface area contributed by atoms with Crippen LogP contribution in [0.5, 0.6) is 0 Å². The van der Waals surface area contributed by atoms with E-state index in [4.69, 9.17) is 9.47 Å². The fraction of sp³-hybridized carbons (Fsp3) is 1.00. The highest BCUT2D eigenvalue weighted by molar-refractivity contribution is 4.73. The molecule has 0 aromatic carbocycles. The van der Waals surface area contributed by atoms with Crippen molar-refractivity contribution in [1.82, 2.24) is 0 Å². The van der Waals surface area contributed by atoms with E-state index in [9.17, 15) is 0 Å². The van der Waals surface area contributed by atoms with Crippen molar-refractivity contribution < 1.29 is 9.47 Å². The average molecular weight is 200 g/mol. The molecule has 2 heteroatoms. The Morgan fingerprint density at radius 3 is 2.50 bits per heavy atom. The molecule has 0 radical (unpaired) electrons. The van der Waals surface area contributed by atoms with Crippen LogP contribution in [0.4, 0.5) is 0 Å². The van der Waals surface area contributed by atoms with Crippen molar-refractivity contribution in [2.24, 2.45) is 11.8 Å². The van der Waals surface area contributed by atoms with Gasteiger partial charge >= 0.3 is 0 Å². The molecular weight excluding hydrogens is 176 g/mol. The molecule has 1 fully saturated rings. The summed E-state index contributed by atoms with van der Waals surface area (Å²) in [6.07, 6.45) is 3.01. The predicted molar refractivity (Wildman–Crippen MR) is 58.4 cm³/mol. The minimum absolute atomic E-state index is 0.255. The normalized spacial score (nSPS) is 30.6. The van der Waals surface area contributed by atoms with Gasteiger partial charge in [-0.05, 0) is 31.6 Å². The minimum Gasteiger partial charge on any atom is -0.376 e. The van der Waals surface area contributed by atoms with Gasteiger partial charge in [0.1, 0.15) is 0 Å². The second kappa shape index (κ2) is 5.72. The maximum atomic E-state index is 5.76. The highest BCUT2D eigenvalue weighted by atomic mass is 16.5. The summed E-state index contributed by atoms with van der Waals surface area (Å²) in [7, 11) is 0. The van der Waals surface area contributed by atoms with Crippen molar-refractivity contribution in [1.29, 1.82) is 0 Å². The van der Waals surface area contributed by atoms with Gasteiger partial charge in [-0.1, -0.05) is 20.8 Å².